The van der Waals surface area contributed by atoms with Crippen LogP contribution in [0.15, 0.2) is 24.3 Å². The van der Waals surface area contributed by atoms with Crippen molar-refractivity contribution in [2.24, 2.45) is 0 Å². The van der Waals surface area contributed by atoms with Crippen LogP contribution in [0.5, 0.6) is 0 Å². The molecule has 1 aliphatic carbocycles. The van der Waals surface area contributed by atoms with Crippen LogP contribution in [0.2, 0.25) is 0 Å². The number of benzene rings is 1. The van der Waals surface area contributed by atoms with E-state index < -0.39 is 0 Å². The van der Waals surface area contributed by atoms with E-state index in [2.05, 4.69) is 41.4 Å². The summed E-state index contributed by atoms with van der Waals surface area (Å²) in [5.41, 5.74) is 3.06. The summed E-state index contributed by atoms with van der Waals surface area (Å²) in [4.78, 5) is 2.47. The van der Waals surface area contributed by atoms with Gasteiger partial charge in [-0.2, -0.15) is 0 Å². The summed E-state index contributed by atoms with van der Waals surface area (Å²) < 4.78 is 5.81. The van der Waals surface area contributed by atoms with Crippen molar-refractivity contribution < 1.29 is 4.74 Å². The van der Waals surface area contributed by atoms with Gasteiger partial charge in [0.15, 0.2) is 0 Å². The Morgan fingerprint density at radius 2 is 2.21 bits per heavy atom. The van der Waals surface area contributed by atoms with E-state index in [9.17, 15) is 0 Å². The Morgan fingerprint density at radius 1 is 1.32 bits per heavy atom. The van der Waals surface area contributed by atoms with Gasteiger partial charge >= 0.3 is 0 Å². The molecule has 1 aliphatic heterocycles. The molecule has 3 heteroatoms. The maximum Gasteiger partial charge on any atom is 0.0826 e. The lowest BCUT2D eigenvalue weighted by Crippen LogP contribution is -2.47. The largest absolute Gasteiger partial charge is 0.374 e. The Kier molecular flexibility index (Phi) is 4.16. The Bertz CT molecular complexity index is 421. The highest BCUT2D eigenvalue weighted by atomic mass is 16.5. The average Bonchev–Trinajstić information content (AvgIpc) is 2.44. The molecule has 0 aromatic heterocycles. The topological polar surface area (TPSA) is 24.5 Å². The standard InChI is InChI=1S/C16H24N2O/c1-2-18-7-8-19-15(12-18)11-17-10-14-9-13-5-3-4-6-16(13)14/h3-6,14-15,17H,2,7-12H2,1H3. The predicted molar refractivity (Wildman–Crippen MR) is 77.6 cm³/mol. The van der Waals surface area contributed by atoms with Gasteiger partial charge in [-0.15, -0.1) is 0 Å². The fourth-order valence-corrected chi connectivity index (χ4v) is 3.15. The lowest BCUT2D eigenvalue weighted by atomic mass is 9.77. The summed E-state index contributed by atoms with van der Waals surface area (Å²) in [6.07, 6.45) is 1.60. The molecule has 0 spiro atoms. The van der Waals surface area contributed by atoms with Gasteiger partial charge in [-0.25, -0.2) is 0 Å². The molecule has 3 rings (SSSR count). The van der Waals surface area contributed by atoms with Crippen molar-refractivity contribution in [1.82, 2.24) is 10.2 Å². The number of nitrogens with one attached hydrogen (secondary N) is 1. The highest BCUT2D eigenvalue weighted by Crippen LogP contribution is 2.33. The van der Waals surface area contributed by atoms with Crippen LogP contribution in [0.3, 0.4) is 0 Å². The molecule has 0 radical (unpaired) electrons. The zero-order valence-electron chi connectivity index (χ0n) is 11.8. The molecule has 2 unspecified atom stereocenters. The number of hydrogen-bond acceptors (Lipinski definition) is 3. The molecule has 0 saturated carbocycles. The first kappa shape index (κ1) is 13.1. The molecular weight excluding hydrogens is 236 g/mol. The fourth-order valence-electron chi connectivity index (χ4n) is 3.15. The quantitative estimate of drug-likeness (QED) is 0.871. The summed E-state index contributed by atoms with van der Waals surface area (Å²) in [6, 6.07) is 8.79. The maximum atomic E-state index is 5.81. The highest BCUT2D eigenvalue weighted by molar-refractivity contribution is 5.40. The van der Waals surface area contributed by atoms with Gasteiger partial charge in [-0.3, -0.25) is 4.90 Å². The average molecular weight is 260 g/mol. The third-order valence-electron chi connectivity index (χ3n) is 4.39. The molecule has 2 aliphatic rings. The van der Waals surface area contributed by atoms with Crippen molar-refractivity contribution in [3.05, 3.63) is 35.4 Å². The zero-order chi connectivity index (χ0) is 13.1. The molecule has 19 heavy (non-hydrogen) atoms. The molecule has 1 fully saturated rings. The normalized spacial score (nSPS) is 26.8. The fraction of sp³-hybridized carbons (Fsp3) is 0.625. The van der Waals surface area contributed by atoms with E-state index in [1.54, 1.807) is 0 Å². The van der Waals surface area contributed by atoms with Crippen molar-refractivity contribution in [3.8, 4) is 0 Å². The second-order valence-corrected chi connectivity index (χ2v) is 5.64. The SMILES string of the molecule is CCN1CCOC(CNCC2Cc3ccccc32)C1. The van der Waals surface area contributed by atoms with E-state index >= 15 is 0 Å². The van der Waals surface area contributed by atoms with Gasteiger partial charge < -0.3 is 10.1 Å². The minimum Gasteiger partial charge on any atom is -0.374 e. The molecular formula is C16H24N2O. The predicted octanol–water partition coefficient (Wildman–Crippen LogP) is 1.64. The van der Waals surface area contributed by atoms with Crippen LogP contribution < -0.4 is 5.32 Å². The van der Waals surface area contributed by atoms with Crippen LogP contribution in [0.1, 0.15) is 24.0 Å². The Labute approximate surface area is 115 Å². The molecule has 0 amide bonds. The number of ether oxygens (including phenoxy) is 1. The molecule has 3 nitrogen and oxygen atoms in total. The van der Waals surface area contributed by atoms with E-state index in [0.717, 1.165) is 39.3 Å². The smallest absolute Gasteiger partial charge is 0.0826 e. The van der Waals surface area contributed by atoms with Gasteiger partial charge in [-0.1, -0.05) is 31.2 Å². The summed E-state index contributed by atoms with van der Waals surface area (Å²) in [5.74, 6) is 0.710. The van der Waals surface area contributed by atoms with Crippen LogP contribution in [0, 0.1) is 0 Å². The maximum absolute atomic E-state index is 5.81. The van der Waals surface area contributed by atoms with Crippen LogP contribution in [-0.2, 0) is 11.2 Å². The van der Waals surface area contributed by atoms with Crippen LogP contribution >= 0.6 is 0 Å². The second kappa shape index (κ2) is 6.04. The van der Waals surface area contributed by atoms with Gasteiger partial charge in [0.2, 0.25) is 0 Å². The number of likely N-dealkylation sites (N-methyl/N-ethyl adjacent to an activating group) is 1. The van der Waals surface area contributed by atoms with E-state index in [1.165, 1.54) is 17.5 Å². The molecule has 1 aromatic carbocycles. The van der Waals surface area contributed by atoms with Crippen LogP contribution in [0.25, 0.3) is 0 Å². The monoisotopic (exact) mass is 260 g/mol. The number of morpholine rings is 1. The first-order chi connectivity index (χ1) is 9.36. The highest BCUT2D eigenvalue weighted by Gasteiger charge is 2.25. The molecule has 2 atom stereocenters. The Morgan fingerprint density at radius 3 is 3.05 bits per heavy atom. The van der Waals surface area contributed by atoms with Crippen molar-refractivity contribution >= 4 is 0 Å². The lowest BCUT2D eigenvalue weighted by Gasteiger charge is -2.34. The number of nitrogens with zero attached hydrogens (tertiary/aromatic N) is 1. The minimum absolute atomic E-state index is 0.365. The van der Waals surface area contributed by atoms with E-state index in [0.29, 0.717) is 12.0 Å². The van der Waals surface area contributed by atoms with Crippen molar-refractivity contribution in [1.29, 1.82) is 0 Å². The Hall–Kier alpha value is -0.900. The summed E-state index contributed by atoms with van der Waals surface area (Å²) in [5, 5.41) is 3.59. The minimum atomic E-state index is 0.365. The first-order valence-electron chi connectivity index (χ1n) is 7.49. The molecule has 1 saturated heterocycles. The molecule has 1 N–H and O–H groups in total. The summed E-state index contributed by atoms with van der Waals surface area (Å²) >= 11 is 0. The number of rotatable bonds is 5. The van der Waals surface area contributed by atoms with Gasteiger partial charge in [0, 0.05) is 32.1 Å². The van der Waals surface area contributed by atoms with Gasteiger partial charge in [0.1, 0.15) is 0 Å². The molecule has 1 heterocycles. The number of hydrogen-bond donors (Lipinski definition) is 1. The van der Waals surface area contributed by atoms with E-state index in [1.807, 2.05) is 0 Å². The Balaban J connectivity index is 1.40. The van der Waals surface area contributed by atoms with E-state index in [4.69, 9.17) is 4.74 Å². The van der Waals surface area contributed by atoms with Crippen LogP contribution in [-0.4, -0.2) is 50.3 Å². The van der Waals surface area contributed by atoms with Crippen molar-refractivity contribution in [3.63, 3.8) is 0 Å². The lowest BCUT2D eigenvalue weighted by molar-refractivity contribution is -0.0253. The molecule has 104 valence electrons. The second-order valence-electron chi connectivity index (χ2n) is 5.64. The zero-order valence-corrected chi connectivity index (χ0v) is 11.8. The van der Waals surface area contributed by atoms with Crippen LogP contribution in [0.4, 0.5) is 0 Å². The van der Waals surface area contributed by atoms with Gasteiger partial charge in [0.05, 0.1) is 12.7 Å². The van der Waals surface area contributed by atoms with Gasteiger partial charge in [0.25, 0.3) is 0 Å². The van der Waals surface area contributed by atoms with Crippen molar-refractivity contribution in [2.45, 2.75) is 25.4 Å². The van der Waals surface area contributed by atoms with E-state index in [-0.39, 0.29) is 0 Å². The molecule has 0 bridgehead atoms. The molecule has 1 aromatic rings. The third kappa shape index (κ3) is 2.99. The summed E-state index contributed by atoms with van der Waals surface area (Å²) in [7, 11) is 0. The summed E-state index contributed by atoms with van der Waals surface area (Å²) in [6.45, 7) is 8.47. The number of fused-ring (bicyclic) bond motifs is 1. The van der Waals surface area contributed by atoms with Gasteiger partial charge in [-0.05, 0) is 24.1 Å². The van der Waals surface area contributed by atoms with Crippen molar-refractivity contribution in [2.75, 3.05) is 39.3 Å². The third-order valence-corrected chi connectivity index (χ3v) is 4.39. The first-order valence-corrected chi connectivity index (χ1v) is 7.49.